The van der Waals surface area contributed by atoms with Crippen LogP contribution in [0.5, 0.6) is 5.75 Å². The van der Waals surface area contributed by atoms with Crippen molar-refractivity contribution in [2.75, 3.05) is 17.3 Å². The summed E-state index contributed by atoms with van der Waals surface area (Å²) in [5, 5.41) is 9.45. The van der Waals surface area contributed by atoms with Crippen LogP contribution in [0, 0.1) is 0 Å². The van der Waals surface area contributed by atoms with Gasteiger partial charge in [-0.1, -0.05) is 24.8 Å². The Morgan fingerprint density at radius 1 is 1.30 bits per heavy atom. The molecule has 0 radical (unpaired) electrons. The molecule has 1 saturated carbocycles. The first-order valence-electron chi connectivity index (χ1n) is 10.7. The van der Waals surface area contributed by atoms with Crippen LogP contribution in [0.2, 0.25) is 0 Å². The maximum Gasteiger partial charge on any atom is 0.238 e. The van der Waals surface area contributed by atoms with Crippen LogP contribution in [0.15, 0.2) is 29.4 Å². The largest absolute Gasteiger partial charge is 0.494 e. The van der Waals surface area contributed by atoms with Crippen molar-refractivity contribution in [3.63, 3.8) is 0 Å². The fourth-order valence-electron chi connectivity index (χ4n) is 4.19. The average Bonchev–Trinajstić information content (AvgIpc) is 3.50. The number of benzene rings is 1. The molecule has 0 bridgehead atoms. The van der Waals surface area contributed by atoms with E-state index in [1.165, 1.54) is 30.2 Å². The Kier molecular flexibility index (Phi) is 5.66. The number of thioether (sulfide) groups is 1. The lowest BCUT2D eigenvalue weighted by Crippen LogP contribution is -2.51. The monoisotopic (exact) mass is 426 g/mol. The van der Waals surface area contributed by atoms with E-state index < -0.39 is 0 Å². The molecule has 2 aromatic rings. The third kappa shape index (κ3) is 3.75. The van der Waals surface area contributed by atoms with Gasteiger partial charge in [0, 0.05) is 18.5 Å². The highest BCUT2D eigenvalue weighted by Gasteiger charge is 2.38. The molecule has 160 valence electrons. The zero-order valence-corrected chi connectivity index (χ0v) is 19.3. The van der Waals surface area contributed by atoms with Crippen molar-refractivity contribution in [1.29, 1.82) is 0 Å². The molecule has 1 fully saturated rings. The number of carbonyl (C=O) groups is 1. The molecule has 1 aromatic carbocycles. The molecule has 1 amide bonds. The normalized spacial score (nSPS) is 20.7. The van der Waals surface area contributed by atoms with Gasteiger partial charge < -0.3 is 14.2 Å². The van der Waals surface area contributed by atoms with Gasteiger partial charge in [0.2, 0.25) is 5.91 Å². The maximum absolute atomic E-state index is 13.5. The number of anilines is 1. The van der Waals surface area contributed by atoms with Gasteiger partial charge in [-0.2, -0.15) is 0 Å². The van der Waals surface area contributed by atoms with E-state index in [1.807, 2.05) is 41.6 Å². The van der Waals surface area contributed by atoms with Gasteiger partial charge in [0.05, 0.1) is 23.6 Å². The standard InChI is InChI=1S/C23H30N4O2S/c1-6-23(4)13-15(3)18-12-17(29-7-2)10-11-19(18)27(23)20(28)14-30-22-25-24-21(26(22)5)16-8-9-16/h10-13,16H,6-9,14H2,1-5H3. The van der Waals surface area contributed by atoms with Crippen molar-refractivity contribution >= 4 is 28.9 Å². The van der Waals surface area contributed by atoms with E-state index in [4.69, 9.17) is 4.74 Å². The molecule has 1 aromatic heterocycles. The minimum absolute atomic E-state index is 0.0782. The summed E-state index contributed by atoms with van der Waals surface area (Å²) in [5.41, 5.74) is 2.82. The number of hydrogen-bond acceptors (Lipinski definition) is 5. The van der Waals surface area contributed by atoms with Crippen molar-refractivity contribution < 1.29 is 9.53 Å². The molecule has 1 atom stereocenters. The molecule has 30 heavy (non-hydrogen) atoms. The zero-order valence-electron chi connectivity index (χ0n) is 18.4. The predicted molar refractivity (Wildman–Crippen MR) is 121 cm³/mol. The highest BCUT2D eigenvalue weighted by Crippen LogP contribution is 2.43. The number of fused-ring (bicyclic) bond motifs is 1. The number of aromatic nitrogens is 3. The molecule has 1 aliphatic heterocycles. The van der Waals surface area contributed by atoms with Crippen molar-refractivity contribution in [1.82, 2.24) is 14.8 Å². The number of ether oxygens (including phenoxy) is 1. The fraction of sp³-hybridized carbons (Fsp3) is 0.522. The highest BCUT2D eigenvalue weighted by molar-refractivity contribution is 7.99. The van der Waals surface area contributed by atoms with E-state index in [-0.39, 0.29) is 11.4 Å². The van der Waals surface area contributed by atoms with Gasteiger partial charge in [-0.15, -0.1) is 10.2 Å². The smallest absolute Gasteiger partial charge is 0.238 e. The Balaban J connectivity index is 1.60. The highest BCUT2D eigenvalue weighted by atomic mass is 32.2. The molecule has 1 unspecified atom stereocenters. The van der Waals surface area contributed by atoms with E-state index in [2.05, 4.69) is 37.0 Å². The van der Waals surface area contributed by atoms with Crippen molar-refractivity contribution in [2.45, 2.75) is 63.6 Å². The summed E-state index contributed by atoms with van der Waals surface area (Å²) in [6, 6.07) is 6.01. The van der Waals surface area contributed by atoms with Crippen LogP contribution in [0.25, 0.3) is 5.57 Å². The molecule has 2 aliphatic rings. The van der Waals surface area contributed by atoms with Gasteiger partial charge in [0.15, 0.2) is 5.16 Å². The van der Waals surface area contributed by atoms with Gasteiger partial charge in [-0.05, 0) is 63.8 Å². The Hall–Kier alpha value is -2.28. The first-order valence-corrected chi connectivity index (χ1v) is 11.7. The predicted octanol–water partition coefficient (Wildman–Crippen LogP) is 4.80. The maximum atomic E-state index is 13.5. The summed E-state index contributed by atoms with van der Waals surface area (Å²) in [5.74, 6) is 2.81. The Bertz CT molecular complexity index is 995. The molecule has 0 spiro atoms. The van der Waals surface area contributed by atoms with Crippen molar-refractivity contribution in [3.8, 4) is 5.75 Å². The molecular formula is C23H30N4O2S. The summed E-state index contributed by atoms with van der Waals surface area (Å²) < 4.78 is 7.73. The van der Waals surface area contributed by atoms with E-state index in [0.717, 1.165) is 34.4 Å². The molecule has 4 rings (SSSR count). The van der Waals surface area contributed by atoms with Crippen LogP contribution in [0.4, 0.5) is 5.69 Å². The van der Waals surface area contributed by atoms with Crippen LogP contribution < -0.4 is 9.64 Å². The number of hydrogen-bond donors (Lipinski definition) is 0. The molecule has 6 nitrogen and oxygen atoms in total. The van der Waals surface area contributed by atoms with E-state index >= 15 is 0 Å². The molecule has 1 aliphatic carbocycles. The molecule has 0 N–H and O–H groups in total. The van der Waals surface area contributed by atoms with E-state index in [1.54, 1.807) is 0 Å². The lowest BCUT2D eigenvalue weighted by molar-refractivity contribution is -0.117. The van der Waals surface area contributed by atoms with Crippen molar-refractivity contribution in [2.24, 2.45) is 7.05 Å². The molecule has 7 heteroatoms. The SMILES string of the molecule is CCOc1ccc2c(c1)C(C)=CC(C)(CC)N2C(=O)CSc1nnc(C2CC2)n1C. The van der Waals surface area contributed by atoms with Gasteiger partial charge in [0.1, 0.15) is 11.6 Å². The van der Waals surface area contributed by atoms with Gasteiger partial charge in [-0.25, -0.2) is 0 Å². The first-order chi connectivity index (χ1) is 14.4. The van der Waals surface area contributed by atoms with Crippen LogP contribution in [-0.2, 0) is 11.8 Å². The Morgan fingerprint density at radius 3 is 2.73 bits per heavy atom. The second kappa shape index (κ2) is 8.10. The Labute approximate surface area is 182 Å². The summed E-state index contributed by atoms with van der Waals surface area (Å²) in [6.07, 6.45) is 5.42. The average molecular weight is 427 g/mol. The van der Waals surface area contributed by atoms with E-state index in [0.29, 0.717) is 18.3 Å². The zero-order chi connectivity index (χ0) is 21.5. The number of nitrogens with zero attached hydrogens (tertiary/aromatic N) is 4. The third-order valence-electron chi connectivity index (χ3n) is 6.08. The Morgan fingerprint density at radius 2 is 2.07 bits per heavy atom. The molecular weight excluding hydrogens is 396 g/mol. The quantitative estimate of drug-likeness (QED) is 0.595. The number of amides is 1. The summed E-state index contributed by atoms with van der Waals surface area (Å²) in [7, 11) is 1.99. The third-order valence-corrected chi connectivity index (χ3v) is 7.09. The summed E-state index contributed by atoms with van der Waals surface area (Å²) in [4.78, 5) is 15.4. The molecule has 0 saturated heterocycles. The minimum atomic E-state index is -0.360. The first kappa shape index (κ1) is 21.0. The van der Waals surface area contributed by atoms with Gasteiger partial charge in [0.25, 0.3) is 0 Å². The minimum Gasteiger partial charge on any atom is -0.494 e. The van der Waals surface area contributed by atoms with Gasteiger partial charge >= 0.3 is 0 Å². The summed E-state index contributed by atoms with van der Waals surface area (Å²) >= 11 is 1.47. The fourth-order valence-corrected chi connectivity index (χ4v) is 4.95. The lowest BCUT2D eigenvalue weighted by atomic mass is 9.85. The van der Waals surface area contributed by atoms with Crippen LogP contribution in [0.1, 0.15) is 64.3 Å². The molecule has 2 heterocycles. The second-order valence-electron chi connectivity index (χ2n) is 8.34. The summed E-state index contributed by atoms with van der Waals surface area (Å²) in [6.45, 7) is 8.96. The van der Waals surface area contributed by atoms with Crippen LogP contribution in [-0.4, -0.2) is 38.6 Å². The topological polar surface area (TPSA) is 60.2 Å². The number of rotatable bonds is 7. The van der Waals surface area contributed by atoms with Crippen LogP contribution in [0.3, 0.4) is 0 Å². The van der Waals surface area contributed by atoms with Crippen molar-refractivity contribution in [3.05, 3.63) is 35.7 Å². The lowest BCUT2D eigenvalue weighted by Gasteiger charge is -2.43. The van der Waals surface area contributed by atoms with E-state index in [9.17, 15) is 4.79 Å². The second-order valence-corrected chi connectivity index (χ2v) is 9.28. The number of carbonyl (C=O) groups excluding carboxylic acids is 1. The van der Waals surface area contributed by atoms with Crippen LogP contribution >= 0.6 is 11.8 Å². The van der Waals surface area contributed by atoms with Gasteiger partial charge in [-0.3, -0.25) is 4.79 Å². The number of allylic oxidation sites excluding steroid dienone is 1.